The number of aromatic amines is 1. The maximum atomic E-state index is 11.4. The number of carbonyl (C=O) groups excluding carboxylic acids is 1. The van der Waals surface area contributed by atoms with Crippen molar-refractivity contribution in [3.05, 3.63) is 30.0 Å². The first-order valence-corrected chi connectivity index (χ1v) is 6.44. The van der Waals surface area contributed by atoms with E-state index in [9.17, 15) is 4.79 Å². The molecule has 4 heterocycles. The van der Waals surface area contributed by atoms with E-state index >= 15 is 0 Å². The number of H-pyrrole nitrogens is 1. The van der Waals surface area contributed by atoms with Crippen molar-refractivity contribution < 1.29 is 4.79 Å². The third-order valence-corrected chi connectivity index (χ3v) is 3.49. The molecule has 7 nitrogen and oxygen atoms in total. The van der Waals surface area contributed by atoms with Crippen molar-refractivity contribution in [3.8, 4) is 11.4 Å². The highest BCUT2D eigenvalue weighted by molar-refractivity contribution is 5.99. The number of nitrogen functional groups attached to an aromatic ring is 2. The second-order valence-corrected chi connectivity index (χ2v) is 5.05. The van der Waals surface area contributed by atoms with Gasteiger partial charge in [-0.25, -0.2) is 9.97 Å². The van der Waals surface area contributed by atoms with Crippen LogP contribution in [0.3, 0.4) is 0 Å². The molecule has 0 aromatic carbocycles. The lowest BCUT2D eigenvalue weighted by Crippen LogP contribution is -2.04. The summed E-state index contributed by atoms with van der Waals surface area (Å²) >= 11 is 0. The van der Waals surface area contributed by atoms with E-state index in [2.05, 4.69) is 20.3 Å². The van der Waals surface area contributed by atoms with Gasteiger partial charge in [0.2, 0.25) is 5.91 Å². The van der Waals surface area contributed by atoms with Crippen LogP contribution in [0.2, 0.25) is 0 Å². The molecule has 0 bridgehead atoms. The number of carbonyl (C=O) groups is 1. The van der Waals surface area contributed by atoms with Gasteiger partial charge >= 0.3 is 0 Å². The molecule has 0 spiro atoms. The van der Waals surface area contributed by atoms with E-state index in [1.807, 2.05) is 12.1 Å². The van der Waals surface area contributed by atoms with Crippen molar-refractivity contribution in [2.24, 2.45) is 0 Å². The number of rotatable bonds is 1. The summed E-state index contributed by atoms with van der Waals surface area (Å²) in [6.07, 6.45) is 1.90. The summed E-state index contributed by atoms with van der Waals surface area (Å²) in [6, 6.07) is 5.50. The monoisotopic (exact) mass is 280 g/mol. The number of hydrogen-bond acceptors (Lipinski definition) is 5. The van der Waals surface area contributed by atoms with Gasteiger partial charge in [-0.3, -0.25) is 4.79 Å². The maximum absolute atomic E-state index is 11.4. The lowest BCUT2D eigenvalue weighted by atomic mass is 10.1. The number of fused-ring (bicyclic) bond motifs is 2. The lowest BCUT2D eigenvalue weighted by Gasteiger charge is -2.05. The molecule has 1 aliphatic heterocycles. The molecule has 0 saturated heterocycles. The number of nitrogens with two attached hydrogens (primary N) is 2. The van der Waals surface area contributed by atoms with Crippen molar-refractivity contribution in [3.63, 3.8) is 0 Å². The van der Waals surface area contributed by atoms with E-state index in [1.54, 1.807) is 12.3 Å². The van der Waals surface area contributed by atoms with Crippen LogP contribution in [0.5, 0.6) is 0 Å². The Labute approximate surface area is 119 Å². The van der Waals surface area contributed by atoms with Crippen molar-refractivity contribution in [2.75, 3.05) is 16.8 Å². The number of aromatic nitrogens is 3. The Morgan fingerprint density at radius 3 is 2.90 bits per heavy atom. The Morgan fingerprint density at radius 2 is 2.05 bits per heavy atom. The van der Waals surface area contributed by atoms with Gasteiger partial charge in [-0.15, -0.1) is 0 Å². The molecule has 3 aromatic heterocycles. The predicted octanol–water partition coefficient (Wildman–Crippen LogP) is 1.28. The third kappa shape index (κ3) is 1.78. The zero-order valence-electron chi connectivity index (χ0n) is 11.0. The first kappa shape index (κ1) is 11.7. The van der Waals surface area contributed by atoms with Crippen LogP contribution in [0.15, 0.2) is 24.4 Å². The molecular weight excluding hydrogens is 268 g/mol. The molecule has 7 heteroatoms. The van der Waals surface area contributed by atoms with Gasteiger partial charge in [-0.05, 0) is 18.2 Å². The summed E-state index contributed by atoms with van der Waals surface area (Å²) in [5.74, 6) is 0.496. The molecule has 0 fully saturated rings. The third-order valence-electron chi connectivity index (χ3n) is 3.49. The second-order valence-electron chi connectivity index (χ2n) is 5.05. The average molecular weight is 280 g/mol. The van der Waals surface area contributed by atoms with Crippen molar-refractivity contribution in [1.82, 2.24) is 15.0 Å². The van der Waals surface area contributed by atoms with Crippen LogP contribution in [0.4, 0.5) is 17.2 Å². The molecule has 104 valence electrons. The van der Waals surface area contributed by atoms with Gasteiger partial charge in [0.15, 0.2) is 0 Å². The van der Waals surface area contributed by atoms with Crippen LogP contribution in [-0.2, 0) is 11.2 Å². The predicted molar refractivity (Wildman–Crippen MR) is 80.5 cm³/mol. The highest BCUT2D eigenvalue weighted by Gasteiger charge is 2.22. The van der Waals surface area contributed by atoms with Gasteiger partial charge in [0, 0.05) is 10.9 Å². The molecule has 6 N–H and O–H groups in total. The molecule has 4 rings (SSSR count). The molecular formula is C14H12N6O. The highest BCUT2D eigenvalue weighted by Crippen LogP contribution is 2.32. The minimum atomic E-state index is -0.0693. The summed E-state index contributed by atoms with van der Waals surface area (Å²) in [5, 5.41) is 3.61. The normalized spacial score (nSPS) is 13.4. The van der Waals surface area contributed by atoms with Crippen LogP contribution >= 0.6 is 0 Å². The first-order valence-electron chi connectivity index (χ1n) is 6.44. The minimum Gasteiger partial charge on any atom is -0.397 e. The van der Waals surface area contributed by atoms with E-state index in [0.717, 1.165) is 16.6 Å². The second kappa shape index (κ2) is 3.95. The van der Waals surface area contributed by atoms with Crippen LogP contribution in [-0.4, -0.2) is 20.9 Å². The zero-order valence-corrected chi connectivity index (χ0v) is 11.0. The Morgan fingerprint density at radius 1 is 1.19 bits per heavy atom. The van der Waals surface area contributed by atoms with Crippen LogP contribution < -0.4 is 16.8 Å². The summed E-state index contributed by atoms with van der Waals surface area (Å²) < 4.78 is 0. The lowest BCUT2D eigenvalue weighted by molar-refractivity contribution is -0.115. The molecule has 0 radical (unpaired) electrons. The molecule has 3 aromatic rings. The minimum absolute atomic E-state index is 0.0693. The fourth-order valence-corrected chi connectivity index (χ4v) is 2.54. The fourth-order valence-electron chi connectivity index (χ4n) is 2.54. The number of anilines is 3. The number of nitrogens with zero attached hydrogens (tertiary/aromatic N) is 2. The van der Waals surface area contributed by atoms with Gasteiger partial charge in [0.1, 0.15) is 17.2 Å². The van der Waals surface area contributed by atoms with Crippen molar-refractivity contribution in [1.29, 1.82) is 0 Å². The standard InChI is InChI=1S/C14H12N6O/c15-8-1-6-3-10(18-13(6)17-5-8)12-9(16)2-7-4-11(21)19-14(7)20-12/h1-3,5H,4,15-16H2,(H,17,18)(H,19,20,21). The Hall–Kier alpha value is -3.09. The summed E-state index contributed by atoms with van der Waals surface area (Å²) in [6.45, 7) is 0. The van der Waals surface area contributed by atoms with Gasteiger partial charge in [-0.2, -0.15) is 0 Å². The van der Waals surface area contributed by atoms with Crippen molar-refractivity contribution in [2.45, 2.75) is 6.42 Å². The van der Waals surface area contributed by atoms with Gasteiger partial charge in [-0.1, -0.05) is 0 Å². The molecule has 1 aliphatic rings. The molecule has 21 heavy (non-hydrogen) atoms. The molecule has 0 atom stereocenters. The summed E-state index contributed by atoms with van der Waals surface area (Å²) in [7, 11) is 0. The van der Waals surface area contributed by atoms with Gasteiger partial charge < -0.3 is 21.8 Å². The van der Waals surface area contributed by atoms with Crippen LogP contribution in [0.25, 0.3) is 22.4 Å². The molecule has 0 aliphatic carbocycles. The van der Waals surface area contributed by atoms with Gasteiger partial charge in [0.25, 0.3) is 0 Å². The first-order chi connectivity index (χ1) is 10.1. The van der Waals surface area contributed by atoms with E-state index in [0.29, 0.717) is 35.0 Å². The van der Waals surface area contributed by atoms with E-state index in [-0.39, 0.29) is 5.91 Å². The topological polar surface area (TPSA) is 123 Å². The molecule has 0 saturated carbocycles. The zero-order chi connectivity index (χ0) is 14.6. The number of hydrogen-bond donors (Lipinski definition) is 4. The fraction of sp³-hybridized carbons (Fsp3) is 0.0714. The molecule has 0 unspecified atom stereocenters. The number of pyridine rings is 2. The van der Waals surface area contributed by atoms with Crippen LogP contribution in [0.1, 0.15) is 5.56 Å². The van der Waals surface area contributed by atoms with Crippen LogP contribution in [0, 0.1) is 0 Å². The van der Waals surface area contributed by atoms with Gasteiger partial charge in [0.05, 0.1) is 29.7 Å². The summed E-state index contributed by atoms with van der Waals surface area (Å²) in [4.78, 5) is 23.2. The quantitative estimate of drug-likeness (QED) is 0.534. The average Bonchev–Trinajstić information content (AvgIpc) is 2.99. The maximum Gasteiger partial charge on any atom is 0.230 e. The molecule has 1 amide bonds. The Kier molecular flexibility index (Phi) is 2.20. The largest absolute Gasteiger partial charge is 0.397 e. The highest BCUT2D eigenvalue weighted by atomic mass is 16.1. The SMILES string of the molecule is Nc1cnc2[nH]c(-c3nc4c(cc3N)CC(=O)N4)cc2c1. The van der Waals surface area contributed by atoms with E-state index in [1.165, 1.54) is 0 Å². The smallest absolute Gasteiger partial charge is 0.230 e. The van der Waals surface area contributed by atoms with Crippen molar-refractivity contribution >= 4 is 34.1 Å². The Bertz CT molecular complexity index is 898. The number of nitrogens with one attached hydrogen (secondary N) is 2. The Balaban J connectivity index is 1.88. The van der Waals surface area contributed by atoms with E-state index < -0.39 is 0 Å². The van der Waals surface area contributed by atoms with E-state index in [4.69, 9.17) is 11.5 Å². The number of amides is 1. The summed E-state index contributed by atoms with van der Waals surface area (Å²) in [5.41, 5.74) is 15.8.